The summed E-state index contributed by atoms with van der Waals surface area (Å²) in [6, 6.07) is 7.49. The fourth-order valence-electron chi connectivity index (χ4n) is 3.31. The molecule has 0 atom stereocenters. The van der Waals surface area contributed by atoms with E-state index < -0.39 is 0 Å². The number of amides is 1. The van der Waals surface area contributed by atoms with E-state index in [1.807, 2.05) is 18.2 Å². The van der Waals surface area contributed by atoms with Crippen LogP contribution in [0.3, 0.4) is 0 Å². The minimum Gasteiger partial charge on any atom is -0.493 e. The number of rotatable bonds is 6. The fourth-order valence-corrected chi connectivity index (χ4v) is 3.31. The molecule has 0 aliphatic heterocycles. The van der Waals surface area contributed by atoms with Gasteiger partial charge in [0.25, 0.3) is 5.91 Å². The fraction of sp³-hybridized carbons (Fsp3) is 0.474. The minimum absolute atomic E-state index is 0.0798. The van der Waals surface area contributed by atoms with Crippen LogP contribution in [0.4, 0.5) is 0 Å². The van der Waals surface area contributed by atoms with Gasteiger partial charge in [-0.1, -0.05) is 6.07 Å². The molecular formula is C19H25N3O4. The van der Waals surface area contributed by atoms with E-state index in [0.717, 1.165) is 25.7 Å². The van der Waals surface area contributed by atoms with Crippen molar-refractivity contribution in [1.29, 1.82) is 0 Å². The van der Waals surface area contributed by atoms with Gasteiger partial charge in [0, 0.05) is 19.3 Å². The van der Waals surface area contributed by atoms with Crippen molar-refractivity contribution >= 4 is 5.91 Å². The molecule has 2 aromatic rings. The Morgan fingerprint density at radius 3 is 2.46 bits per heavy atom. The lowest BCUT2D eigenvalue weighted by Gasteiger charge is -2.30. The SMILES string of the molecule is COc1cccc(OC2CCC(NC(=O)c3ccnn3C)CC2)c1OC. The zero-order chi connectivity index (χ0) is 18.5. The lowest BCUT2D eigenvalue weighted by atomic mass is 9.92. The van der Waals surface area contributed by atoms with Crippen molar-refractivity contribution < 1.29 is 19.0 Å². The van der Waals surface area contributed by atoms with E-state index in [1.165, 1.54) is 0 Å². The summed E-state index contributed by atoms with van der Waals surface area (Å²) in [5.41, 5.74) is 0.574. The van der Waals surface area contributed by atoms with Crippen molar-refractivity contribution in [2.45, 2.75) is 37.8 Å². The Kier molecular flexibility index (Phi) is 5.65. The van der Waals surface area contributed by atoms with E-state index in [4.69, 9.17) is 14.2 Å². The highest BCUT2D eigenvalue weighted by Gasteiger charge is 2.25. The van der Waals surface area contributed by atoms with E-state index in [-0.39, 0.29) is 18.1 Å². The van der Waals surface area contributed by atoms with Gasteiger partial charge in [0.05, 0.1) is 20.3 Å². The van der Waals surface area contributed by atoms with Gasteiger partial charge in [-0.25, -0.2) is 0 Å². The van der Waals surface area contributed by atoms with Crippen molar-refractivity contribution in [2.24, 2.45) is 7.05 Å². The van der Waals surface area contributed by atoms with Crippen LogP contribution in [0.15, 0.2) is 30.5 Å². The van der Waals surface area contributed by atoms with Crippen LogP contribution in [0.2, 0.25) is 0 Å². The smallest absolute Gasteiger partial charge is 0.269 e. The molecule has 1 saturated carbocycles. The maximum absolute atomic E-state index is 12.3. The second kappa shape index (κ2) is 8.12. The molecule has 0 unspecified atom stereocenters. The zero-order valence-corrected chi connectivity index (χ0v) is 15.4. The number of carbonyl (C=O) groups excluding carboxylic acids is 1. The molecule has 26 heavy (non-hydrogen) atoms. The number of methoxy groups -OCH3 is 2. The van der Waals surface area contributed by atoms with E-state index in [2.05, 4.69) is 10.4 Å². The molecule has 0 saturated heterocycles. The molecule has 1 aliphatic carbocycles. The van der Waals surface area contributed by atoms with Gasteiger partial charge in [-0.2, -0.15) is 5.10 Å². The van der Waals surface area contributed by atoms with E-state index in [1.54, 1.807) is 38.2 Å². The molecule has 0 spiro atoms. The molecule has 1 fully saturated rings. The summed E-state index contributed by atoms with van der Waals surface area (Å²) >= 11 is 0. The highest BCUT2D eigenvalue weighted by molar-refractivity contribution is 5.92. The van der Waals surface area contributed by atoms with Crippen LogP contribution in [0.1, 0.15) is 36.2 Å². The lowest BCUT2D eigenvalue weighted by molar-refractivity contribution is 0.0882. The molecule has 7 nitrogen and oxygen atoms in total. The molecule has 1 amide bonds. The monoisotopic (exact) mass is 359 g/mol. The third-order valence-electron chi connectivity index (χ3n) is 4.72. The van der Waals surface area contributed by atoms with Crippen molar-refractivity contribution in [2.75, 3.05) is 14.2 Å². The largest absolute Gasteiger partial charge is 0.493 e. The molecule has 1 aliphatic rings. The van der Waals surface area contributed by atoms with Crippen LogP contribution in [0.25, 0.3) is 0 Å². The first kappa shape index (κ1) is 18.1. The molecule has 0 bridgehead atoms. The van der Waals surface area contributed by atoms with Crippen LogP contribution in [-0.4, -0.2) is 42.1 Å². The number of benzene rings is 1. The molecule has 1 aromatic heterocycles. The second-order valence-corrected chi connectivity index (χ2v) is 6.40. The van der Waals surface area contributed by atoms with Gasteiger partial charge in [-0.05, 0) is 43.9 Å². The Morgan fingerprint density at radius 1 is 1.12 bits per heavy atom. The first-order valence-corrected chi connectivity index (χ1v) is 8.79. The standard InChI is InChI=1S/C19H25N3O4/c1-22-15(11-12-20-22)19(23)21-13-7-9-14(10-8-13)26-17-6-4-5-16(24-2)18(17)25-3/h4-6,11-14H,7-10H2,1-3H3,(H,21,23). The number of ether oxygens (including phenoxy) is 3. The molecular weight excluding hydrogens is 334 g/mol. The summed E-state index contributed by atoms with van der Waals surface area (Å²) in [7, 11) is 4.98. The Morgan fingerprint density at radius 2 is 1.85 bits per heavy atom. The third kappa shape index (κ3) is 3.92. The Hall–Kier alpha value is -2.70. The van der Waals surface area contributed by atoms with Gasteiger partial charge >= 0.3 is 0 Å². The van der Waals surface area contributed by atoms with Gasteiger partial charge < -0.3 is 19.5 Å². The predicted molar refractivity (Wildman–Crippen MR) is 96.9 cm³/mol. The number of nitrogens with one attached hydrogen (secondary N) is 1. The van der Waals surface area contributed by atoms with Gasteiger partial charge in [0.2, 0.25) is 5.75 Å². The summed E-state index contributed by atoms with van der Waals surface area (Å²) in [4.78, 5) is 12.3. The van der Waals surface area contributed by atoms with Crippen LogP contribution in [-0.2, 0) is 7.05 Å². The van der Waals surface area contributed by atoms with Crippen LogP contribution >= 0.6 is 0 Å². The molecule has 0 radical (unpaired) electrons. The number of para-hydroxylation sites is 1. The summed E-state index contributed by atoms with van der Waals surface area (Å²) in [5.74, 6) is 1.88. The van der Waals surface area contributed by atoms with Crippen molar-refractivity contribution in [3.8, 4) is 17.2 Å². The van der Waals surface area contributed by atoms with Crippen LogP contribution in [0.5, 0.6) is 17.2 Å². The van der Waals surface area contributed by atoms with Crippen molar-refractivity contribution in [3.05, 3.63) is 36.2 Å². The average molecular weight is 359 g/mol. The first-order valence-electron chi connectivity index (χ1n) is 8.79. The minimum atomic E-state index is -0.0798. The molecule has 1 N–H and O–H groups in total. The summed E-state index contributed by atoms with van der Waals surface area (Å²) in [6.07, 6.45) is 5.22. The van der Waals surface area contributed by atoms with Gasteiger partial charge in [-0.15, -0.1) is 0 Å². The van der Waals surface area contributed by atoms with Crippen molar-refractivity contribution in [3.63, 3.8) is 0 Å². The quantitative estimate of drug-likeness (QED) is 0.858. The number of aromatic nitrogens is 2. The zero-order valence-electron chi connectivity index (χ0n) is 15.4. The van der Waals surface area contributed by atoms with Crippen LogP contribution in [0, 0.1) is 0 Å². The maximum atomic E-state index is 12.3. The molecule has 3 rings (SSSR count). The highest BCUT2D eigenvalue weighted by atomic mass is 16.5. The maximum Gasteiger partial charge on any atom is 0.269 e. The first-order chi connectivity index (χ1) is 12.6. The van der Waals surface area contributed by atoms with Gasteiger partial charge in [-0.3, -0.25) is 9.48 Å². The van der Waals surface area contributed by atoms with E-state index in [9.17, 15) is 4.79 Å². The molecule has 1 aromatic carbocycles. The summed E-state index contributed by atoms with van der Waals surface area (Å²) in [5, 5.41) is 7.12. The molecule has 140 valence electrons. The average Bonchev–Trinajstić information content (AvgIpc) is 3.09. The summed E-state index contributed by atoms with van der Waals surface area (Å²) < 4.78 is 18.4. The predicted octanol–water partition coefficient (Wildman–Crippen LogP) is 2.56. The van der Waals surface area contributed by atoms with Gasteiger partial charge in [0.15, 0.2) is 11.5 Å². The summed E-state index contributed by atoms with van der Waals surface area (Å²) in [6.45, 7) is 0. The third-order valence-corrected chi connectivity index (χ3v) is 4.72. The number of hydrogen-bond donors (Lipinski definition) is 1. The normalized spacial score (nSPS) is 19.7. The number of carbonyl (C=O) groups is 1. The number of hydrogen-bond acceptors (Lipinski definition) is 5. The van der Waals surface area contributed by atoms with Crippen molar-refractivity contribution in [1.82, 2.24) is 15.1 Å². The Bertz CT molecular complexity index is 751. The van der Waals surface area contributed by atoms with Gasteiger partial charge in [0.1, 0.15) is 5.69 Å². The molecule has 1 heterocycles. The lowest BCUT2D eigenvalue weighted by Crippen LogP contribution is -2.40. The topological polar surface area (TPSA) is 74.6 Å². The second-order valence-electron chi connectivity index (χ2n) is 6.40. The Balaban J connectivity index is 1.54. The van der Waals surface area contributed by atoms with E-state index in [0.29, 0.717) is 22.9 Å². The highest BCUT2D eigenvalue weighted by Crippen LogP contribution is 2.38. The number of nitrogens with zero attached hydrogens (tertiary/aromatic N) is 2. The molecule has 7 heteroatoms. The number of aryl methyl sites for hydroxylation is 1. The van der Waals surface area contributed by atoms with E-state index >= 15 is 0 Å². The Labute approximate surface area is 153 Å². The van der Waals surface area contributed by atoms with Crippen LogP contribution < -0.4 is 19.5 Å².